The minimum atomic E-state index is 0.626. The third-order valence-electron chi connectivity index (χ3n) is 9.95. The summed E-state index contributed by atoms with van der Waals surface area (Å²) in [5.74, 6) is 1.89. The molecule has 9 rings (SSSR count). The quantitative estimate of drug-likeness (QED) is 0.159. The SMILES string of the molecule is C1=CCCC(c2cccc(-c3nc(-c4cc(-c5ccccc5)cc(-c5ccccc5)c4)nc(-c4cc(-c5ccccc5)cc(-c5ccccc5)c4)n3)c2)=C1. The summed E-state index contributed by atoms with van der Waals surface area (Å²) in [5.41, 5.74) is 14.3. The van der Waals surface area contributed by atoms with Crippen LogP contribution in [0.1, 0.15) is 18.4 Å². The Morgan fingerprint density at radius 3 is 1.02 bits per heavy atom. The normalized spacial score (nSPS) is 12.3. The number of hydrogen-bond acceptors (Lipinski definition) is 3. The zero-order chi connectivity index (χ0) is 36.1. The second-order valence-corrected chi connectivity index (χ2v) is 13.6. The highest BCUT2D eigenvalue weighted by Crippen LogP contribution is 2.36. The number of benzene rings is 7. The predicted molar refractivity (Wildman–Crippen MR) is 224 cm³/mol. The van der Waals surface area contributed by atoms with Crippen LogP contribution >= 0.6 is 0 Å². The molecule has 0 bridgehead atoms. The van der Waals surface area contributed by atoms with Crippen molar-refractivity contribution in [2.24, 2.45) is 0 Å². The van der Waals surface area contributed by atoms with Gasteiger partial charge in [0.25, 0.3) is 0 Å². The molecule has 1 heterocycles. The molecular weight excluding hydrogens is 655 g/mol. The van der Waals surface area contributed by atoms with Crippen LogP contribution in [-0.4, -0.2) is 15.0 Å². The predicted octanol–water partition coefficient (Wildman–Crippen LogP) is 13.3. The second kappa shape index (κ2) is 14.9. The van der Waals surface area contributed by atoms with E-state index < -0.39 is 0 Å². The Hall–Kier alpha value is -6.97. The third-order valence-corrected chi connectivity index (χ3v) is 9.95. The van der Waals surface area contributed by atoms with Crippen LogP contribution in [0.25, 0.3) is 84.2 Å². The van der Waals surface area contributed by atoms with Crippen molar-refractivity contribution in [1.82, 2.24) is 15.0 Å². The Morgan fingerprint density at radius 2 is 0.630 bits per heavy atom. The van der Waals surface area contributed by atoms with Gasteiger partial charge in [-0.2, -0.15) is 0 Å². The van der Waals surface area contributed by atoms with Crippen molar-refractivity contribution in [3.63, 3.8) is 0 Å². The van der Waals surface area contributed by atoms with Gasteiger partial charge in [-0.05, 0) is 111 Å². The standard InChI is InChI=1S/C51H37N3/c1-6-17-36(18-7-1)41-27-16-28-42(29-41)49-52-50(47-32-43(37-19-8-2-9-20-37)30-44(33-47)38-21-10-3-11-22-38)54-51(53-49)48-34-45(39-23-12-4-13-24-39)31-46(35-48)40-25-14-5-15-26-40/h1-6,8-17,19-35H,7,18H2. The van der Waals surface area contributed by atoms with Crippen LogP contribution in [0.2, 0.25) is 0 Å². The van der Waals surface area contributed by atoms with Gasteiger partial charge in [0, 0.05) is 16.7 Å². The van der Waals surface area contributed by atoms with Crippen LogP contribution in [0.15, 0.2) is 200 Å². The molecule has 0 radical (unpaired) electrons. The van der Waals surface area contributed by atoms with E-state index in [0.29, 0.717) is 17.5 Å². The molecule has 8 aromatic rings. The summed E-state index contributed by atoms with van der Waals surface area (Å²) in [7, 11) is 0. The van der Waals surface area contributed by atoms with E-state index in [1.807, 2.05) is 0 Å². The molecular formula is C51H37N3. The van der Waals surface area contributed by atoms with Crippen molar-refractivity contribution in [1.29, 1.82) is 0 Å². The maximum atomic E-state index is 5.31. The molecule has 1 aliphatic carbocycles. The van der Waals surface area contributed by atoms with E-state index in [2.05, 4.69) is 200 Å². The largest absolute Gasteiger partial charge is 0.208 e. The molecule has 0 saturated carbocycles. The zero-order valence-corrected chi connectivity index (χ0v) is 29.8. The van der Waals surface area contributed by atoms with Crippen molar-refractivity contribution < 1.29 is 0 Å². The molecule has 0 unspecified atom stereocenters. The van der Waals surface area contributed by atoms with Crippen molar-refractivity contribution in [3.05, 3.63) is 206 Å². The lowest BCUT2D eigenvalue weighted by Crippen LogP contribution is -2.01. The number of rotatable bonds is 8. The van der Waals surface area contributed by atoms with Crippen LogP contribution in [-0.2, 0) is 0 Å². The fourth-order valence-electron chi connectivity index (χ4n) is 7.17. The van der Waals surface area contributed by atoms with E-state index >= 15 is 0 Å². The smallest absolute Gasteiger partial charge is 0.164 e. The van der Waals surface area contributed by atoms with Crippen molar-refractivity contribution in [3.8, 4) is 78.7 Å². The van der Waals surface area contributed by atoms with Gasteiger partial charge >= 0.3 is 0 Å². The van der Waals surface area contributed by atoms with E-state index in [1.165, 1.54) is 11.1 Å². The molecule has 0 atom stereocenters. The average molecular weight is 692 g/mol. The van der Waals surface area contributed by atoms with Crippen molar-refractivity contribution in [2.75, 3.05) is 0 Å². The van der Waals surface area contributed by atoms with Crippen LogP contribution in [0.3, 0.4) is 0 Å². The van der Waals surface area contributed by atoms with E-state index in [1.54, 1.807) is 0 Å². The zero-order valence-electron chi connectivity index (χ0n) is 29.8. The molecule has 0 spiro atoms. The Balaban J connectivity index is 1.28. The molecule has 0 saturated heterocycles. The van der Waals surface area contributed by atoms with Crippen LogP contribution in [0.5, 0.6) is 0 Å². The fraction of sp³-hybridized carbons (Fsp3) is 0.0392. The Bertz CT molecular complexity index is 2370. The lowest BCUT2D eigenvalue weighted by molar-refractivity contribution is 1.05. The Kier molecular flexibility index (Phi) is 9.11. The van der Waals surface area contributed by atoms with Gasteiger partial charge in [0.05, 0.1) is 0 Å². The molecule has 54 heavy (non-hydrogen) atoms. The molecule has 256 valence electrons. The highest BCUT2D eigenvalue weighted by atomic mass is 15.0. The van der Waals surface area contributed by atoms with Crippen LogP contribution in [0, 0.1) is 0 Å². The molecule has 3 heteroatoms. The molecule has 1 aliphatic rings. The number of hydrogen-bond donors (Lipinski definition) is 0. The van der Waals surface area contributed by atoms with Gasteiger partial charge in [0.1, 0.15) is 0 Å². The summed E-state index contributed by atoms with van der Waals surface area (Å²) >= 11 is 0. The van der Waals surface area contributed by atoms with Gasteiger partial charge in [-0.3, -0.25) is 0 Å². The van der Waals surface area contributed by atoms with E-state index in [-0.39, 0.29) is 0 Å². The highest BCUT2D eigenvalue weighted by Gasteiger charge is 2.17. The molecule has 0 aliphatic heterocycles. The summed E-state index contributed by atoms with van der Waals surface area (Å²) in [6.45, 7) is 0. The molecule has 7 aromatic carbocycles. The van der Waals surface area contributed by atoms with Gasteiger partial charge in [-0.25, -0.2) is 15.0 Å². The van der Waals surface area contributed by atoms with Gasteiger partial charge < -0.3 is 0 Å². The maximum absolute atomic E-state index is 5.31. The summed E-state index contributed by atoms with van der Waals surface area (Å²) in [4.78, 5) is 15.8. The molecule has 0 fully saturated rings. The first-order chi connectivity index (χ1) is 26.7. The van der Waals surface area contributed by atoms with E-state index in [4.69, 9.17) is 15.0 Å². The highest BCUT2D eigenvalue weighted by molar-refractivity contribution is 5.83. The van der Waals surface area contributed by atoms with E-state index in [0.717, 1.165) is 74.0 Å². The third kappa shape index (κ3) is 7.08. The van der Waals surface area contributed by atoms with Crippen molar-refractivity contribution >= 4 is 5.57 Å². The monoisotopic (exact) mass is 691 g/mol. The molecule has 0 amide bonds. The maximum Gasteiger partial charge on any atom is 0.164 e. The lowest BCUT2D eigenvalue weighted by atomic mass is 9.95. The van der Waals surface area contributed by atoms with Gasteiger partial charge in [0.2, 0.25) is 0 Å². The van der Waals surface area contributed by atoms with Crippen molar-refractivity contribution in [2.45, 2.75) is 12.8 Å². The van der Waals surface area contributed by atoms with Gasteiger partial charge in [-0.15, -0.1) is 0 Å². The summed E-state index contributed by atoms with van der Waals surface area (Å²) in [6.07, 6.45) is 8.64. The molecule has 0 N–H and O–H groups in total. The first kappa shape index (κ1) is 32.9. The second-order valence-electron chi connectivity index (χ2n) is 13.6. The lowest BCUT2D eigenvalue weighted by Gasteiger charge is -2.14. The Labute approximate surface area is 316 Å². The minimum Gasteiger partial charge on any atom is -0.208 e. The average Bonchev–Trinajstić information content (AvgIpc) is 3.27. The summed E-state index contributed by atoms with van der Waals surface area (Å²) in [6, 6.07) is 64.0. The first-order valence-electron chi connectivity index (χ1n) is 18.5. The van der Waals surface area contributed by atoms with Crippen LogP contribution < -0.4 is 0 Å². The topological polar surface area (TPSA) is 38.7 Å². The van der Waals surface area contributed by atoms with E-state index in [9.17, 15) is 0 Å². The summed E-state index contributed by atoms with van der Waals surface area (Å²) in [5, 5.41) is 0. The number of nitrogens with zero attached hydrogens (tertiary/aromatic N) is 3. The van der Waals surface area contributed by atoms with Crippen LogP contribution in [0.4, 0.5) is 0 Å². The van der Waals surface area contributed by atoms with Gasteiger partial charge in [-0.1, -0.05) is 158 Å². The number of aromatic nitrogens is 3. The number of allylic oxidation sites excluding steroid dienone is 4. The van der Waals surface area contributed by atoms with Gasteiger partial charge in [0.15, 0.2) is 17.5 Å². The molecule has 1 aromatic heterocycles. The Morgan fingerprint density at radius 1 is 0.296 bits per heavy atom. The first-order valence-corrected chi connectivity index (χ1v) is 18.5. The molecule has 3 nitrogen and oxygen atoms in total. The summed E-state index contributed by atoms with van der Waals surface area (Å²) < 4.78 is 0. The fourth-order valence-corrected chi connectivity index (χ4v) is 7.17. The minimum absolute atomic E-state index is 0.626.